The topological polar surface area (TPSA) is 63.2 Å². The van der Waals surface area contributed by atoms with Gasteiger partial charge in [-0.3, -0.25) is 10.2 Å². The van der Waals surface area contributed by atoms with Gasteiger partial charge in [0, 0.05) is 4.47 Å². The standard InChI is InChI=1S/C9H12BrN3O2/c1-3-15-13-9(14)12-8-5-4-7(10)6(2)11-8/h4-5H,3H2,1-2H3,(H2,11,12,13,14). The van der Waals surface area contributed by atoms with E-state index in [1.54, 1.807) is 13.0 Å². The summed E-state index contributed by atoms with van der Waals surface area (Å²) in [5.74, 6) is 0.480. The van der Waals surface area contributed by atoms with Crippen molar-refractivity contribution in [1.29, 1.82) is 0 Å². The summed E-state index contributed by atoms with van der Waals surface area (Å²) >= 11 is 3.32. The number of amides is 2. The monoisotopic (exact) mass is 273 g/mol. The molecule has 0 radical (unpaired) electrons. The second-order valence-electron chi connectivity index (χ2n) is 2.75. The predicted octanol–water partition coefficient (Wildman–Crippen LogP) is 2.23. The SMILES string of the molecule is CCONC(=O)Nc1ccc(Br)c(C)n1. The maximum Gasteiger partial charge on any atom is 0.344 e. The average molecular weight is 274 g/mol. The summed E-state index contributed by atoms with van der Waals surface area (Å²) in [6.07, 6.45) is 0. The number of halogens is 1. The minimum Gasteiger partial charge on any atom is -0.291 e. The first-order valence-electron chi connectivity index (χ1n) is 4.45. The van der Waals surface area contributed by atoms with E-state index in [0.717, 1.165) is 10.2 Å². The molecule has 0 aliphatic carbocycles. The Balaban J connectivity index is 2.57. The van der Waals surface area contributed by atoms with Crippen LogP contribution in [0.3, 0.4) is 0 Å². The number of hydroxylamine groups is 1. The fourth-order valence-electron chi connectivity index (χ4n) is 0.893. The maximum atomic E-state index is 11.2. The van der Waals surface area contributed by atoms with Crippen LogP contribution in [0, 0.1) is 6.92 Å². The fraction of sp³-hybridized carbons (Fsp3) is 0.333. The van der Waals surface area contributed by atoms with Crippen molar-refractivity contribution in [2.24, 2.45) is 0 Å². The lowest BCUT2D eigenvalue weighted by molar-refractivity contribution is 0.0758. The molecule has 0 atom stereocenters. The summed E-state index contributed by atoms with van der Waals surface area (Å²) in [6.45, 7) is 4.04. The highest BCUT2D eigenvalue weighted by molar-refractivity contribution is 9.10. The predicted molar refractivity (Wildman–Crippen MR) is 60.5 cm³/mol. The number of aromatic nitrogens is 1. The normalized spacial score (nSPS) is 9.80. The molecule has 0 fully saturated rings. The number of nitrogens with one attached hydrogen (secondary N) is 2. The molecule has 5 nitrogen and oxygen atoms in total. The summed E-state index contributed by atoms with van der Waals surface area (Å²) in [5, 5.41) is 2.54. The molecule has 2 amide bonds. The molecular formula is C9H12BrN3O2. The average Bonchev–Trinajstić information content (AvgIpc) is 2.20. The van der Waals surface area contributed by atoms with E-state index in [4.69, 9.17) is 4.84 Å². The van der Waals surface area contributed by atoms with Gasteiger partial charge in [-0.15, -0.1) is 0 Å². The third-order valence-corrected chi connectivity index (χ3v) is 2.41. The molecule has 0 saturated heterocycles. The number of rotatable bonds is 3. The lowest BCUT2D eigenvalue weighted by Crippen LogP contribution is -2.29. The Labute approximate surface area is 96.3 Å². The molecule has 82 valence electrons. The number of aryl methyl sites for hydroxylation is 1. The molecule has 0 aliphatic rings. The van der Waals surface area contributed by atoms with E-state index in [-0.39, 0.29) is 0 Å². The van der Waals surface area contributed by atoms with Gasteiger partial charge >= 0.3 is 6.03 Å². The molecule has 6 heteroatoms. The lowest BCUT2D eigenvalue weighted by atomic mass is 10.4. The second kappa shape index (κ2) is 5.67. The Morgan fingerprint density at radius 3 is 2.93 bits per heavy atom. The molecule has 2 N–H and O–H groups in total. The minimum absolute atomic E-state index is 0.417. The first kappa shape index (κ1) is 11.9. The number of urea groups is 1. The van der Waals surface area contributed by atoms with Gasteiger partial charge in [0.25, 0.3) is 0 Å². The summed E-state index contributed by atoms with van der Waals surface area (Å²) < 4.78 is 0.901. The number of nitrogens with zero attached hydrogens (tertiary/aromatic N) is 1. The van der Waals surface area contributed by atoms with Crippen molar-refractivity contribution < 1.29 is 9.63 Å². The van der Waals surface area contributed by atoms with Crippen molar-refractivity contribution in [3.63, 3.8) is 0 Å². The van der Waals surface area contributed by atoms with Gasteiger partial charge in [-0.25, -0.2) is 15.3 Å². The van der Waals surface area contributed by atoms with Crippen LogP contribution in [0.1, 0.15) is 12.6 Å². The Morgan fingerprint density at radius 2 is 2.33 bits per heavy atom. The molecule has 1 rings (SSSR count). The number of carbonyl (C=O) groups is 1. The maximum absolute atomic E-state index is 11.2. The lowest BCUT2D eigenvalue weighted by Gasteiger charge is -2.06. The van der Waals surface area contributed by atoms with E-state index in [9.17, 15) is 4.79 Å². The molecular weight excluding hydrogens is 262 g/mol. The summed E-state index contributed by atoms with van der Waals surface area (Å²) in [5.41, 5.74) is 3.02. The van der Waals surface area contributed by atoms with Crippen LogP contribution in [0.15, 0.2) is 16.6 Å². The molecule has 0 bridgehead atoms. The van der Waals surface area contributed by atoms with Crippen LogP contribution >= 0.6 is 15.9 Å². The number of carbonyl (C=O) groups excluding carboxylic acids is 1. The molecule has 0 unspecified atom stereocenters. The summed E-state index contributed by atoms with van der Waals surface area (Å²) in [4.78, 5) is 20.0. The minimum atomic E-state index is -0.439. The highest BCUT2D eigenvalue weighted by Crippen LogP contribution is 2.15. The first-order chi connectivity index (χ1) is 7.13. The van der Waals surface area contributed by atoms with Crippen LogP contribution in [0.5, 0.6) is 0 Å². The van der Waals surface area contributed by atoms with E-state index in [1.807, 2.05) is 13.0 Å². The quantitative estimate of drug-likeness (QED) is 0.831. The van der Waals surface area contributed by atoms with E-state index in [1.165, 1.54) is 0 Å². The van der Waals surface area contributed by atoms with Gasteiger partial charge in [0.15, 0.2) is 0 Å². The molecule has 0 aromatic carbocycles. The van der Waals surface area contributed by atoms with Crippen molar-refractivity contribution in [1.82, 2.24) is 10.5 Å². The van der Waals surface area contributed by atoms with E-state index in [2.05, 4.69) is 31.7 Å². The first-order valence-corrected chi connectivity index (χ1v) is 5.24. The van der Waals surface area contributed by atoms with E-state index >= 15 is 0 Å². The number of pyridine rings is 1. The second-order valence-corrected chi connectivity index (χ2v) is 3.61. The molecule has 0 spiro atoms. The highest BCUT2D eigenvalue weighted by Gasteiger charge is 2.03. The molecule has 1 aromatic heterocycles. The smallest absolute Gasteiger partial charge is 0.291 e. The zero-order valence-corrected chi connectivity index (χ0v) is 10.1. The molecule has 0 aliphatic heterocycles. The molecule has 1 aromatic rings. The Kier molecular flexibility index (Phi) is 4.51. The van der Waals surface area contributed by atoms with Gasteiger partial charge in [0.1, 0.15) is 5.82 Å². The van der Waals surface area contributed by atoms with Gasteiger partial charge in [-0.05, 0) is 41.9 Å². The van der Waals surface area contributed by atoms with Crippen LogP contribution < -0.4 is 10.8 Å². The Hall–Kier alpha value is -1.14. The van der Waals surface area contributed by atoms with Gasteiger partial charge in [-0.1, -0.05) is 0 Å². The van der Waals surface area contributed by atoms with Crippen molar-refractivity contribution >= 4 is 27.8 Å². The summed E-state index contributed by atoms with van der Waals surface area (Å²) in [7, 11) is 0. The Morgan fingerprint density at radius 1 is 1.60 bits per heavy atom. The van der Waals surface area contributed by atoms with Crippen LogP contribution in [-0.4, -0.2) is 17.6 Å². The number of hydrogen-bond donors (Lipinski definition) is 2. The highest BCUT2D eigenvalue weighted by atomic mass is 79.9. The van der Waals surface area contributed by atoms with Gasteiger partial charge < -0.3 is 0 Å². The molecule has 0 saturated carbocycles. The molecule has 1 heterocycles. The van der Waals surface area contributed by atoms with Crippen molar-refractivity contribution in [3.8, 4) is 0 Å². The number of hydrogen-bond acceptors (Lipinski definition) is 3. The Bertz CT molecular complexity index is 357. The van der Waals surface area contributed by atoms with Crippen LogP contribution in [0.4, 0.5) is 10.6 Å². The van der Waals surface area contributed by atoms with Crippen molar-refractivity contribution in [2.75, 3.05) is 11.9 Å². The van der Waals surface area contributed by atoms with Gasteiger partial charge in [-0.2, -0.15) is 0 Å². The molecule has 15 heavy (non-hydrogen) atoms. The van der Waals surface area contributed by atoms with E-state index in [0.29, 0.717) is 12.4 Å². The zero-order valence-electron chi connectivity index (χ0n) is 8.50. The van der Waals surface area contributed by atoms with Crippen molar-refractivity contribution in [3.05, 3.63) is 22.3 Å². The fourth-order valence-corrected chi connectivity index (χ4v) is 1.11. The third kappa shape index (κ3) is 3.85. The zero-order chi connectivity index (χ0) is 11.3. The van der Waals surface area contributed by atoms with Crippen LogP contribution in [0.2, 0.25) is 0 Å². The summed E-state index contributed by atoms with van der Waals surface area (Å²) in [6, 6.07) is 3.08. The third-order valence-electron chi connectivity index (χ3n) is 1.57. The van der Waals surface area contributed by atoms with Crippen LogP contribution in [0.25, 0.3) is 0 Å². The largest absolute Gasteiger partial charge is 0.344 e. The van der Waals surface area contributed by atoms with Crippen molar-refractivity contribution in [2.45, 2.75) is 13.8 Å². The van der Waals surface area contributed by atoms with E-state index < -0.39 is 6.03 Å². The van der Waals surface area contributed by atoms with Crippen LogP contribution in [-0.2, 0) is 4.84 Å². The van der Waals surface area contributed by atoms with Gasteiger partial charge in [0.05, 0.1) is 12.3 Å². The van der Waals surface area contributed by atoms with Gasteiger partial charge in [0.2, 0.25) is 0 Å². The number of anilines is 1.